The Bertz CT molecular complexity index is 1150. The van der Waals surface area contributed by atoms with Crippen LogP contribution < -0.4 is 10.6 Å². The smallest absolute Gasteiger partial charge is 0.369 e. The molecular weight excluding hydrogens is 463 g/mol. The van der Waals surface area contributed by atoms with Crippen LogP contribution in [0.3, 0.4) is 0 Å². The normalized spacial score (nSPS) is 19.0. The van der Waals surface area contributed by atoms with Gasteiger partial charge in [0.1, 0.15) is 22.3 Å². The van der Waals surface area contributed by atoms with E-state index >= 15 is 0 Å². The molecule has 1 saturated heterocycles. The first kappa shape index (κ1) is 23.2. The van der Waals surface area contributed by atoms with Crippen LogP contribution in [0, 0.1) is 17.6 Å². The molecule has 0 unspecified atom stereocenters. The molecule has 5 nitrogen and oxygen atoms in total. The van der Waals surface area contributed by atoms with Crippen LogP contribution in [0.4, 0.5) is 27.6 Å². The number of pyridine rings is 1. The number of alkyl halides is 3. The molecule has 0 amide bonds. The number of benzene rings is 1. The van der Waals surface area contributed by atoms with Crippen molar-refractivity contribution in [3.8, 4) is 10.6 Å². The average Bonchev–Trinajstić information content (AvgIpc) is 3.23. The second-order valence-electron chi connectivity index (χ2n) is 7.88. The number of anilines is 1. The first-order chi connectivity index (χ1) is 15.6. The van der Waals surface area contributed by atoms with Gasteiger partial charge < -0.3 is 10.6 Å². The number of thiazole rings is 1. The molecule has 0 aliphatic carbocycles. The summed E-state index contributed by atoms with van der Waals surface area (Å²) in [4.78, 5) is 22.5. The number of aromatic nitrogens is 2. The summed E-state index contributed by atoms with van der Waals surface area (Å²) >= 11 is 0.926. The van der Waals surface area contributed by atoms with Gasteiger partial charge in [0.15, 0.2) is 5.78 Å². The quantitative estimate of drug-likeness (QED) is 0.424. The lowest BCUT2D eigenvalue weighted by Crippen LogP contribution is -2.51. The Morgan fingerprint density at radius 2 is 1.91 bits per heavy atom. The number of piperidine rings is 1. The molecule has 1 aliphatic heterocycles. The van der Waals surface area contributed by atoms with E-state index in [2.05, 4.69) is 9.97 Å². The van der Waals surface area contributed by atoms with Gasteiger partial charge >= 0.3 is 6.18 Å². The summed E-state index contributed by atoms with van der Waals surface area (Å²) in [5.41, 5.74) is 6.44. The highest BCUT2D eigenvalue weighted by molar-refractivity contribution is 7.13. The van der Waals surface area contributed by atoms with Crippen LogP contribution in [0.5, 0.6) is 0 Å². The van der Waals surface area contributed by atoms with Crippen molar-refractivity contribution in [1.29, 1.82) is 0 Å². The van der Waals surface area contributed by atoms with Gasteiger partial charge in [-0.2, -0.15) is 13.2 Å². The van der Waals surface area contributed by atoms with E-state index in [1.165, 1.54) is 28.7 Å². The molecule has 4 rings (SSSR count). The summed E-state index contributed by atoms with van der Waals surface area (Å²) in [6.45, 7) is -0.0546. The van der Waals surface area contributed by atoms with E-state index in [1.807, 2.05) is 0 Å². The fourth-order valence-corrected chi connectivity index (χ4v) is 4.79. The lowest BCUT2D eigenvalue weighted by Gasteiger charge is -2.39. The predicted octanol–water partition coefficient (Wildman–Crippen LogP) is 4.62. The van der Waals surface area contributed by atoms with Crippen LogP contribution >= 0.6 is 11.3 Å². The largest absolute Gasteiger partial charge is 0.393 e. The van der Waals surface area contributed by atoms with Gasteiger partial charge in [0.05, 0.1) is 11.5 Å². The Labute approximate surface area is 190 Å². The average molecular weight is 482 g/mol. The maximum Gasteiger partial charge on any atom is 0.393 e. The monoisotopic (exact) mass is 482 g/mol. The van der Waals surface area contributed by atoms with Crippen LogP contribution in [0.1, 0.15) is 22.5 Å². The minimum atomic E-state index is -4.38. The van der Waals surface area contributed by atoms with Gasteiger partial charge in [-0.15, -0.1) is 11.3 Å². The van der Waals surface area contributed by atoms with E-state index in [-0.39, 0.29) is 42.2 Å². The summed E-state index contributed by atoms with van der Waals surface area (Å²) in [6, 6.07) is 4.31. The van der Waals surface area contributed by atoms with Crippen molar-refractivity contribution >= 4 is 22.8 Å². The molecule has 1 fully saturated rings. The van der Waals surface area contributed by atoms with E-state index in [0.29, 0.717) is 11.3 Å². The summed E-state index contributed by atoms with van der Waals surface area (Å²) < 4.78 is 68.1. The molecule has 2 N–H and O–H groups in total. The molecule has 0 bridgehead atoms. The third-order valence-electron chi connectivity index (χ3n) is 5.48. The number of hydrogen-bond acceptors (Lipinski definition) is 6. The number of Topliss-reactive ketones (excluding diaryl/α,β-unsaturated/α-hetero) is 1. The van der Waals surface area contributed by atoms with Crippen LogP contribution in [-0.2, 0) is 6.42 Å². The second kappa shape index (κ2) is 9.14. The molecule has 3 heterocycles. The van der Waals surface area contributed by atoms with E-state index in [1.54, 1.807) is 6.07 Å². The predicted molar refractivity (Wildman–Crippen MR) is 114 cm³/mol. The minimum absolute atomic E-state index is 0.0102. The Kier molecular flexibility index (Phi) is 6.44. The lowest BCUT2D eigenvalue weighted by molar-refractivity contribution is -0.177. The van der Waals surface area contributed by atoms with Gasteiger partial charge in [0.2, 0.25) is 0 Å². The van der Waals surface area contributed by atoms with Gasteiger partial charge in [-0.3, -0.25) is 9.78 Å². The molecule has 2 atom stereocenters. The summed E-state index contributed by atoms with van der Waals surface area (Å²) in [6.07, 6.45) is -1.87. The van der Waals surface area contributed by atoms with E-state index in [0.717, 1.165) is 23.5 Å². The van der Waals surface area contributed by atoms with Gasteiger partial charge in [-0.1, -0.05) is 6.07 Å². The van der Waals surface area contributed by atoms with Gasteiger partial charge in [-0.25, -0.2) is 13.8 Å². The Morgan fingerprint density at radius 1 is 1.18 bits per heavy atom. The number of halogens is 5. The number of nitrogens with two attached hydrogens (primary N) is 1. The zero-order valence-corrected chi connectivity index (χ0v) is 18.0. The van der Waals surface area contributed by atoms with Crippen molar-refractivity contribution in [2.75, 3.05) is 18.0 Å². The number of ketones is 1. The standard InChI is InChI=1S/C22H19F5N4OS/c23-15-2-1-3-16(24)20(15)21-30-17(11-33-21)19(32)6-12-8-29-5-4-18(12)31-9-13(22(25,26)27)7-14(28)10-31/h1-5,8,11,13-14H,6-7,9-10,28H2/t13-,14-/m1/s1. The van der Waals surface area contributed by atoms with Crippen LogP contribution in [0.25, 0.3) is 10.6 Å². The van der Waals surface area contributed by atoms with Crippen molar-refractivity contribution in [2.24, 2.45) is 11.7 Å². The van der Waals surface area contributed by atoms with Crippen molar-refractivity contribution in [3.05, 3.63) is 64.9 Å². The number of nitrogens with zero attached hydrogens (tertiary/aromatic N) is 3. The first-order valence-corrected chi connectivity index (χ1v) is 10.9. The fourth-order valence-electron chi connectivity index (χ4n) is 3.92. The zero-order chi connectivity index (χ0) is 23.8. The fraction of sp³-hybridized carbons (Fsp3) is 0.318. The van der Waals surface area contributed by atoms with Gasteiger partial charge in [-0.05, 0) is 24.6 Å². The second-order valence-corrected chi connectivity index (χ2v) is 8.74. The zero-order valence-electron chi connectivity index (χ0n) is 17.1. The molecule has 11 heteroatoms. The summed E-state index contributed by atoms with van der Waals surface area (Å²) in [7, 11) is 0. The highest BCUT2D eigenvalue weighted by atomic mass is 32.1. The highest BCUT2D eigenvalue weighted by Gasteiger charge is 2.44. The van der Waals surface area contributed by atoms with Gasteiger partial charge in [0, 0.05) is 54.6 Å². The molecule has 174 valence electrons. The van der Waals surface area contributed by atoms with E-state index < -0.39 is 35.6 Å². The van der Waals surface area contributed by atoms with Crippen molar-refractivity contribution in [1.82, 2.24) is 9.97 Å². The van der Waals surface area contributed by atoms with Crippen molar-refractivity contribution < 1.29 is 26.7 Å². The van der Waals surface area contributed by atoms with Crippen LogP contribution in [0.15, 0.2) is 42.0 Å². The third-order valence-corrected chi connectivity index (χ3v) is 6.34. The Hall–Kier alpha value is -2.92. The Balaban J connectivity index is 1.56. The van der Waals surface area contributed by atoms with E-state index in [4.69, 9.17) is 5.73 Å². The maximum atomic E-state index is 14.0. The Morgan fingerprint density at radius 3 is 2.61 bits per heavy atom. The van der Waals surface area contributed by atoms with Crippen molar-refractivity contribution in [2.45, 2.75) is 25.1 Å². The number of rotatable bonds is 5. The minimum Gasteiger partial charge on any atom is -0.369 e. The van der Waals surface area contributed by atoms with Crippen LogP contribution in [0.2, 0.25) is 0 Å². The highest BCUT2D eigenvalue weighted by Crippen LogP contribution is 2.36. The van der Waals surface area contributed by atoms with Crippen molar-refractivity contribution in [3.63, 3.8) is 0 Å². The number of carbonyl (C=O) groups excluding carboxylic acids is 1. The number of hydrogen-bond donors (Lipinski definition) is 1. The molecule has 1 aromatic carbocycles. The van der Waals surface area contributed by atoms with Gasteiger partial charge in [0.25, 0.3) is 0 Å². The molecule has 1 aliphatic rings. The molecule has 0 spiro atoms. The third kappa shape index (κ3) is 5.03. The first-order valence-electron chi connectivity index (χ1n) is 10.1. The summed E-state index contributed by atoms with van der Waals surface area (Å²) in [5, 5.41) is 1.42. The molecule has 33 heavy (non-hydrogen) atoms. The van der Waals surface area contributed by atoms with Crippen LogP contribution in [-0.4, -0.2) is 41.1 Å². The SMILES string of the molecule is N[C@@H]1C[C@@H](C(F)(F)F)CN(c2ccncc2CC(=O)c2csc(-c3c(F)cccc3F)n2)C1. The molecule has 2 aromatic heterocycles. The molecule has 0 saturated carbocycles. The maximum absolute atomic E-state index is 14.0. The van der Waals surface area contributed by atoms with E-state index in [9.17, 15) is 26.7 Å². The summed E-state index contributed by atoms with van der Waals surface area (Å²) in [5.74, 6) is -3.61. The number of carbonyl (C=O) groups is 1. The molecular formula is C22H19F5N4OS. The lowest BCUT2D eigenvalue weighted by atomic mass is 9.93. The molecule has 3 aromatic rings. The topological polar surface area (TPSA) is 72.1 Å². The molecule has 0 radical (unpaired) electrons.